The van der Waals surface area contributed by atoms with E-state index in [0.717, 1.165) is 26.2 Å². The number of rotatable bonds is 7. The van der Waals surface area contributed by atoms with Crippen LogP contribution in [0, 0.1) is 0 Å². The fourth-order valence-corrected chi connectivity index (χ4v) is 2.04. The van der Waals surface area contributed by atoms with Crippen LogP contribution in [0.3, 0.4) is 0 Å². The van der Waals surface area contributed by atoms with Crippen LogP contribution >= 0.6 is 0 Å². The largest absolute Gasteiger partial charge is 0.288 e. The monoisotopic (exact) mass is 186 g/mol. The van der Waals surface area contributed by atoms with Crippen LogP contribution < -0.4 is 0 Å². The summed E-state index contributed by atoms with van der Waals surface area (Å²) in [5, 5.41) is 0. The molecule has 0 aromatic rings. The summed E-state index contributed by atoms with van der Waals surface area (Å²) in [5.41, 5.74) is 0. The normalized spacial score (nSPS) is 12.0. The first kappa shape index (κ1) is 12.9. The molecule has 0 aromatic carbocycles. The smallest absolute Gasteiger partial charge is 0.0619 e. The highest BCUT2D eigenvalue weighted by atomic mass is 15.3. The fraction of sp³-hybridized carbons (Fsp3) is 1.00. The van der Waals surface area contributed by atoms with Crippen molar-refractivity contribution >= 4 is 0 Å². The molecule has 0 saturated carbocycles. The Bertz CT molecular complexity index is 94.7. The average molecular weight is 186 g/mol. The number of hydrogen-bond acceptors (Lipinski definition) is 2. The molecule has 0 rings (SSSR count). The maximum absolute atomic E-state index is 2.53. The van der Waals surface area contributed by atoms with Gasteiger partial charge in [-0.15, -0.1) is 0 Å². The van der Waals surface area contributed by atoms with Crippen LogP contribution in [0.4, 0.5) is 0 Å². The first-order valence-electron chi connectivity index (χ1n) is 5.73. The van der Waals surface area contributed by atoms with Crippen LogP contribution in [0.5, 0.6) is 0 Å². The summed E-state index contributed by atoms with van der Waals surface area (Å²) in [4.78, 5) is 5.07. The van der Waals surface area contributed by atoms with Crippen LogP contribution in [0.1, 0.15) is 41.0 Å². The zero-order valence-electron chi connectivity index (χ0n) is 10.0. The molecule has 0 amide bonds. The van der Waals surface area contributed by atoms with Gasteiger partial charge in [0.25, 0.3) is 0 Å². The van der Waals surface area contributed by atoms with Gasteiger partial charge >= 0.3 is 0 Å². The molecule has 0 heterocycles. The van der Waals surface area contributed by atoms with Gasteiger partial charge in [-0.2, -0.15) is 0 Å². The molecule has 2 nitrogen and oxygen atoms in total. The third kappa shape index (κ3) is 3.65. The van der Waals surface area contributed by atoms with E-state index in [1.165, 1.54) is 6.42 Å². The van der Waals surface area contributed by atoms with Crippen molar-refractivity contribution in [3.63, 3.8) is 0 Å². The third-order valence-electron chi connectivity index (χ3n) is 2.83. The molecule has 13 heavy (non-hydrogen) atoms. The Morgan fingerprint density at radius 2 is 1.00 bits per heavy atom. The summed E-state index contributed by atoms with van der Waals surface area (Å²) in [6, 6.07) is 0. The summed E-state index contributed by atoms with van der Waals surface area (Å²) in [6.45, 7) is 15.9. The zero-order valence-corrected chi connectivity index (χ0v) is 10.0. The van der Waals surface area contributed by atoms with Crippen molar-refractivity contribution in [3.05, 3.63) is 0 Å². The van der Waals surface area contributed by atoms with E-state index >= 15 is 0 Å². The molecule has 0 atom stereocenters. The van der Waals surface area contributed by atoms with Gasteiger partial charge in [-0.25, -0.2) is 0 Å². The van der Waals surface area contributed by atoms with E-state index in [1.54, 1.807) is 0 Å². The third-order valence-corrected chi connectivity index (χ3v) is 2.83. The minimum absolute atomic E-state index is 0.644. The van der Waals surface area contributed by atoms with Gasteiger partial charge in [0.2, 0.25) is 0 Å². The maximum atomic E-state index is 2.53. The van der Waals surface area contributed by atoms with Crippen molar-refractivity contribution in [3.8, 4) is 0 Å². The Morgan fingerprint density at radius 1 is 0.692 bits per heavy atom. The number of nitrogens with zero attached hydrogens (tertiary/aromatic N) is 2. The number of hydrogen-bond donors (Lipinski definition) is 0. The highest BCUT2D eigenvalue weighted by molar-refractivity contribution is 4.68. The minimum Gasteiger partial charge on any atom is -0.288 e. The van der Waals surface area contributed by atoms with E-state index in [1.807, 2.05) is 0 Å². The SMILES string of the molecule is CCC(N(CC)CC)N(CC)CC. The lowest BCUT2D eigenvalue weighted by molar-refractivity contribution is 0.0539. The van der Waals surface area contributed by atoms with E-state index in [9.17, 15) is 0 Å². The summed E-state index contributed by atoms with van der Waals surface area (Å²) in [5.74, 6) is 0. The summed E-state index contributed by atoms with van der Waals surface area (Å²) in [7, 11) is 0. The molecule has 0 N–H and O–H groups in total. The molecule has 0 spiro atoms. The van der Waals surface area contributed by atoms with Crippen molar-refractivity contribution in [2.24, 2.45) is 0 Å². The molecule has 80 valence electrons. The maximum Gasteiger partial charge on any atom is 0.0619 e. The van der Waals surface area contributed by atoms with Crippen molar-refractivity contribution in [1.29, 1.82) is 0 Å². The summed E-state index contributed by atoms with van der Waals surface area (Å²) < 4.78 is 0. The van der Waals surface area contributed by atoms with E-state index < -0.39 is 0 Å². The molecule has 2 heteroatoms. The molecular weight excluding hydrogens is 160 g/mol. The Hall–Kier alpha value is -0.0800. The Kier molecular flexibility index (Phi) is 7.29. The first-order chi connectivity index (χ1) is 6.24. The van der Waals surface area contributed by atoms with Gasteiger partial charge in [-0.3, -0.25) is 9.80 Å². The van der Waals surface area contributed by atoms with Crippen molar-refractivity contribution in [2.75, 3.05) is 26.2 Å². The standard InChI is InChI=1S/C11H26N2/c1-6-11(12(7-2)8-3)13(9-4)10-5/h11H,6-10H2,1-5H3. The molecule has 0 aliphatic carbocycles. The molecular formula is C11H26N2. The highest BCUT2D eigenvalue weighted by Crippen LogP contribution is 2.09. The van der Waals surface area contributed by atoms with E-state index in [2.05, 4.69) is 44.4 Å². The lowest BCUT2D eigenvalue weighted by Gasteiger charge is -2.37. The second kappa shape index (κ2) is 7.34. The Labute approximate surface area is 83.9 Å². The lowest BCUT2D eigenvalue weighted by Crippen LogP contribution is -2.47. The van der Waals surface area contributed by atoms with Crippen molar-refractivity contribution in [2.45, 2.75) is 47.2 Å². The Balaban J connectivity index is 4.26. The molecule has 0 unspecified atom stereocenters. The first-order valence-corrected chi connectivity index (χ1v) is 5.73. The summed E-state index contributed by atoms with van der Waals surface area (Å²) in [6.07, 6.45) is 1.87. The predicted octanol–water partition coefficient (Wildman–Crippen LogP) is 2.41. The van der Waals surface area contributed by atoms with Gasteiger partial charge in [-0.1, -0.05) is 34.6 Å². The lowest BCUT2D eigenvalue weighted by atomic mass is 10.2. The van der Waals surface area contributed by atoms with E-state index in [4.69, 9.17) is 0 Å². The van der Waals surface area contributed by atoms with Crippen molar-refractivity contribution in [1.82, 2.24) is 9.80 Å². The highest BCUT2D eigenvalue weighted by Gasteiger charge is 2.18. The second-order valence-electron chi connectivity index (χ2n) is 3.33. The average Bonchev–Trinajstić information content (AvgIpc) is 2.18. The molecule has 0 aliphatic heterocycles. The molecule has 0 aromatic heterocycles. The van der Waals surface area contributed by atoms with Gasteiger partial charge < -0.3 is 0 Å². The molecule has 0 fully saturated rings. The van der Waals surface area contributed by atoms with Crippen LogP contribution in [0.15, 0.2) is 0 Å². The summed E-state index contributed by atoms with van der Waals surface area (Å²) >= 11 is 0. The van der Waals surface area contributed by atoms with Crippen LogP contribution in [-0.2, 0) is 0 Å². The van der Waals surface area contributed by atoms with Crippen molar-refractivity contribution < 1.29 is 0 Å². The van der Waals surface area contributed by atoms with Crippen LogP contribution in [0.25, 0.3) is 0 Å². The Morgan fingerprint density at radius 3 is 1.15 bits per heavy atom. The zero-order chi connectivity index (χ0) is 10.3. The quantitative estimate of drug-likeness (QED) is 0.563. The van der Waals surface area contributed by atoms with Gasteiger partial charge in [0, 0.05) is 0 Å². The van der Waals surface area contributed by atoms with Gasteiger partial charge in [0.1, 0.15) is 0 Å². The predicted molar refractivity (Wildman–Crippen MR) is 59.9 cm³/mol. The minimum atomic E-state index is 0.644. The molecule has 0 radical (unpaired) electrons. The van der Waals surface area contributed by atoms with Gasteiger partial charge in [0.05, 0.1) is 6.17 Å². The molecule has 0 saturated heterocycles. The van der Waals surface area contributed by atoms with Crippen LogP contribution in [0.2, 0.25) is 0 Å². The second-order valence-corrected chi connectivity index (χ2v) is 3.33. The fourth-order valence-electron chi connectivity index (χ4n) is 2.04. The molecule has 0 bridgehead atoms. The van der Waals surface area contributed by atoms with Crippen LogP contribution in [-0.4, -0.2) is 42.1 Å². The van der Waals surface area contributed by atoms with E-state index in [-0.39, 0.29) is 0 Å². The molecule has 0 aliphatic rings. The topological polar surface area (TPSA) is 6.48 Å². The van der Waals surface area contributed by atoms with Gasteiger partial charge in [0.15, 0.2) is 0 Å². The van der Waals surface area contributed by atoms with E-state index in [0.29, 0.717) is 6.17 Å². The van der Waals surface area contributed by atoms with Gasteiger partial charge in [-0.05, 0) is 32.6 Å².